The summed E-state index contributed by atoms with van der Waals surface area (Å²) in [5.41, 5.74) is 0.477. The van der Waals surface area contributed by atoms with Crippen molar-refractivity contribution in [2.75, 3.05) is 26.3 Å². The second-order valence-corrected chi connectivity index (χ2v) is 6.15. The molecule has 128 valence electrons. The van der Waals surface area contributed by atoms with Crippen LogP contribution in [0, 0.1) is 0 Å². The van der Waals surface area contributed by atoms with E-state index < -0.39 is 6.61 Å². The molecule has 2 aliphatic heterocycles. The van der Waals surface area contributed by atoms with Gasteiger partial charge in [-0.25, -0.2) is 4.98 Å². The van der Waals surface area contributed by atoms with Gasteiger partial charge in [-0.2, -0.15) is 8.78 Å². The van der Waals surface area contributed by atoms with E-state index in [9.17, 15) is 8.78 Å². The molecule has 0 aromatic carbocycles. The molecule has 0 radical (unpaired) electrons. The Labute approximate surface area is 134 Å². The first kappa shape index (κ1) is 16.5. The van der Waals surface area contributed by atoms with E-state index in [4.69, 9.17) is 9.47 Å². The third-order valence-corrected chi connectivity index (χ3v) is 4.29. The minimum Gasteiger partial charge on any atom is -0.417 e. The number of alkyl halides is 2. The van der Waals surface area contributed by atoms with Crippen LogP contribution >= 0.6 is 0 Å². The van der Waals surface area contributed by atoms with E-state index in [-0.39, 0.29) is 17.6 Å². The Morgan fingerprint density at radius 3 is 3.04 bits per heavy atom. The maximum Gasteiger partial charge on any atom is 0.388 e. The number of hydrogen-bond donors (Lipinski definition) is 0. The van der Waals surface area contributed by atoms with Gasteiger partial charge in [0.15, 0.2) is 0 Å². The van der Waals surface area contributed by atoms with Crippen molar-refractivity contribution < 1.29 is 23.0 Å². The fourth-order valence-electron chi connectivity index (χ4n) is 3.26. The molecule has 0 N–H and O–H groups in total. The lowest BCUT2D eigenvalue weighted by atomic mass is 9.98. The van der Waals surface area contributed by atoms with Gasteiger partial charge in [-0.05, 0) is 12.5 Å². The molecule has 1 aromatic rings. The van der Waals surface area contributed by atoms with E-state index in [1.165, 1.54) is 6.07 Å². The van der Waals surface area contributed by atoms with E-state index >= 15 is 0 Å². The quantitative estimate of drug-likeness (QED) is 0.831. The van der Waals surface area contributed by atoms with Gasteiger partial charge in [-0.1, -0.05) is 13.0 Å². The van der Waals surface area contributed by atoms with Crippen LogP contribution in [0.3, 0.4) is 0 Å². The number of ether oxygens (including phenoxy) is 3. The van der Waals surface area contributed by atoms with Crippen molar-refractivity contribution in [3.63, 3.8) is 0 Å². The van der Waals surface area contributed by atoms with Gasteiger partial charge in [0.25, 0.3) is 0 Å². The van der Waals surface area contributed by atoms with Crippen molar-refractivity contribution in [3.05, 3.63) is 23.9 Å². The topological polar surface area (TPSA) is 43.8 Å². The molecule has 1 aromatic heterocycles. The first-order valence-corrected chi connectivity index (χ1v) is 7.97. The molecule has 1 spiro atoms. The average molecular weight is 328 g/mol. The van der Waals surface area contributed by atoms with Crippen molar-refractivity contribution in [1.29, 1.82) is 0 Å². The maximum absolute atomic E-state index is 12.3. The summed E-state index contributed by atoms with van der Waals surface area (Å²) in [6.07, 6.45) is 1.98. The summed E-state index contributed by atoms with van der Waals surface area (Å²) in [4.78, 5) is 6.42. The van der Waals surface area contributed by atoms with Gasteiger partial charge < -0.3 is 14.2 Å². The molecule has 2 fully saturated rings. The summed E-state index contributed by atoms with van der Waals surface area (Å²) in [6.45, 7) is 2.74. The highest BCUT2D eigenvalue weighted by atomic mass is 19.3. The molecule has 2 atom stereocenters. The summed E-state index contributed by atoms with van der Waals surface area (Å²) >= 11 is 0. The number of pyridine rings is 1. The molecular weight excluding hydrogens is 306 g/mol. The van der Waals surface area contributed by atoms with Crippen molar-refractivity contribution in [2.24, 2.45) is 0 Å². The molecule has 2 aliphatic rings. The van der Waals surface area contributed by atoms with E-state index in [1.54, 1.807) is 6.07 Å². The van der Waals surface area contributed by atoms with Crippen LogP contribution in [0.15, 0.2) is 18.2 Å². The Bertz CT molecular complexity index is 524. The lowest BCUT2D eigenvalue weighted by Gasteiger charge is -2.43. The maximum atomic E-state index is 12.3. The van der Waals surface area contributed by atoms with Crippen LogP contribution in [-0.2, 0) is 16.0 Å². The zero-order valence-corrected chi connectivity index (χ0v) is 13.2. The highest BCUT2D eigenvalue weighted by molar-refractivity contribution is 5.16. The van der Waals surface area contributed by atoms with Gasteiger partial charge in [0.2, 0.25) is 5.88 Å². The van der Waals surface area contributed by atoms with Gasteiger partial charge in [0.1, 0.15) is 5.60 Å². The molecule has 0 aliphatic carbocycles. The number of halogens is 2. The van der Waals surface area contributed by atoms with Crippen molar-refractivity contribution in [3.8, 4) is 5.88 Å². The van der Waals surface area contributed by atoms with Crippen LogP contribution in [0.1, 0.15) is 25.5 Å². The largest absolute Gasteiger partial charge is 0.417 e. The number of hydrogen-bond acceptors (Lipinski definition) is 5. The Morgan fingerprint density at radius 2 is 2.35 bits per heavy atom. The molecule has 3 heterocycles. The number of nitrogens with zero attached hydrogens (tertiary/aromatic N) is 2. The van der Waals surface area contributed by atoms with E-state index in [1.807, 2.05) is 6.07 Å². The molecule has 0 amide bonds. The van der Waals surface area contributed by atoms with Crippen LogP contribution in [0.25, 0.3) is 0 Å². The summed E-state index contributed by atoms with van der Waals surface area (Å²) < 4.78 is 40.7. The highest BCUT2D eigenvalue weighted by Crippen LogP contribution is 2.31. The molecule has 2 saturated heterocycles. The predicted octanol–water partition coefficient (Wildman–Crippen LogP) is 2.45. The lowest BCUT2D eigenvalue weighted by molar-refractivity contribution is -0.156. The third kappa shape index (κ3) is 4.16. The summed E-state index contributed by atoms with van der Waals surface area (Å²) in [5, 5.41) is 0. The SMILES string of the molecule is CCC1CN(Cc2cccc(OC(F)F)n2)CC2(CCOC2)O1. The Kier molecular flexibility index (Phi) is 5.08. The van der Waals surface area contributed by atoms with Crippen LogP contribution in [0.5, 0.6) is 5.88 Å². The van der Waals surface area contributed by atoms with Crippen molar-refractivity contribution in [2.45, 2.75) is 44.6 Å². The minimum absolute atomic E-state index is 0.0447. The third-order valence-electron chi connectivity index (χ3n) is 4.29. The normalized spacial score (nSPS) is 28.6. The second-order valence-electron chi connectivity index (χ2n) is 6.15. The van der Waals surface area contributed by atoms with E-state index in [0.717, 1.165) is 32.5 Å². The van der Waals surface area contributed by atoms with Crippen LogP contribution in [0.2, 0.25) is 0 Å². The smallest absolute Gasteiger partial charge is 0.388 e. The number of aromatic nitrogens is 1. The molecule has 0 bridgehead atoms. The Hall–Kier alpha value is -1.31. The van der Waals surface area contributed by atoms with E-state index in [0.29, 0.717) is 18.8 Å². The fraction of sp³-hybridized carbons (Fsp3) is 0.688. The highest BCUT2D eigenvalue weighted by Gasteiger charge is 2.43. The van der Waals surface area contributed by atoms with E-state index in [2.05, 4.69) is 21.5 Å². The molecule has 5 nitrogen and oxygen atoms in total. The summed E-state index contributed by atoms with van der Waals surface area (Å²) in [6, 6.07) is 4.95. The van der Waals surface area contributed by atoms with Gasteiger partial charge in [0.05, 0.1) is 18.4 Å². The molecule has 3 rings (SSSR count). The molecule has 2 unspecified atom stereocenters. The number of morpholine rings is 1. The average Bonchev–Trinajstić information content (AvgIpc) is 2.94. The van der Waals surface area contributed by atoms with Gasteiger partial charge >= 0.3 is 6.61 Å². The predicted molar refractivity (Wildman–Crippen MR) is 79.5 cm³/mol. The second kappa shape index (κ2) is 7.07. The number of rotatable bonds is 5. The monoisotopic (exact) mass is 328 g/mol. The van der Waals surface area contributed by atoms with Gasteiger partial charge in [-0.15, -0.1) is 0 Å². The fourth-order valence-corrected chi connectivity index (χ4v) is 3.26. The summed E-state index contributed by atoms with van der Waals surface area (Å²) in [5.74, 6) is -0.0447. The Morgan fingerprint density at radius 1 is 1.48 bits per heavy atom. The van der Waals surface area contributed by atoms with Crippen LogP contribution in [0.4, 0.5) is 8.78 Å². The Balaban J connectivity index is 1.68. The minimum atomic E-state index is -2.86. The molecule has 7 heteroatoms. The lowest BCUT2D eigenvalue weighted by Crippen LogP contribution is -2.55. The molecule has 0 saturated carbocycles. The van der Waals surface area contributed by atoms with Crippen LogP contribution in [-0.4, -0.2) is 54.5 Å². The van der Waals surface area contributed by atoms with Gasteiger partial charge in [-0.3, -0.25) is 4.90 Å². The molecular formula is C16H22F2N2O3. The van der Waals surface area contributed by atoms with Crippen molar-refractivity contribution >= 4 is 0 Å². The van der Waals surface area contributed by atoms with Crippen LogP contribution < -0.4 is 4.74 Å². The van der Waals surface area contributed by atoms with Crippen molar-refractivity contribution in [1.82, 2.24) is 9.88 Å². The molecule has 23 heavy (non-hydrogen) atoms. The zero-order chi connectivity index (χ0) is 16.3. The first-order chi connectivity index (χ1) is 11.1. The first-order valence-electron chi connectivity index (χ1n) is 7.97. The standard InChI is InChI=1S/C16H22F2N2O3/c1-2-13-9-20(10-16(23-13)6-7-21-11-16)8-12-4-3-5-14(19-12)22-15(17)18/h3-5,13,15H,2,6-11H2,1H3. The van der Waals surface area contributed by atoms with Gasteiger partial charge in [0, 0.05) is 38.7 Å². The summed E-state index contributed by atoms with van der Waals surface area (Å²) in [7, 11) is 0. The zero-order valence-electron chi connectivity index (χ0n) is 13.2.